The van der Waals surface area contributed by atoms with Crippen molar-refractivity contribution in [2.75, 3.05) is 0 Å². The van der Waals surface area contributed by atoms with Crippen LogP contribution in [-0.4, -0.2) is 20.9 Å². The minimum atomic E-state index is -0.266. The normalized spacial score (nSPS) is 10.8. The van der Waals surface area contributed by atoms with Gasteiger partial charge in [0.2, 0.25) is 0 Å². The van der Waals surface area contributed by atoms with Gasteiger partial charge in [0.15, 0.2) is 5.11 Å². The second-order valence-corrected chi connectivity index (χ2v) is 6.68. The summed E-state index contributed by atoms with van der Waals surface area (Å²) in [6.45, 7) is 4.59. The van der Waals surface area contributed by atoms with Gasteiger partial charge in [-0.25, -0.2) is 9.07 Å². The molecule has 4 nitrogen and oxygen atoms in total. The summed E-state index contributed by atoms with van der Waals surface area (Å²) in [7, 11) is 0. The van der Waals surface area contributed by atoms with Crippen LogP contribution in [0.2, 0.25) is 0 Å². The minimum absolute atomic E-state index is 0.263. The van der Waals surface area contributed by atoms with E-state index in [4.69, 9.17) is 17.3 Å². The largest absolute Gasteiger partial charge is 0.361 e. The van der Waals surface area contributed by atoms with Gasteiger partial charge < -0.3 is 10.6 Å². The van der Waals surface area contributed by atoms with Gasteiger partial charge in [0.25, 0.3) is 0 Å². The molecule has 0 saturated heterocycles. The standard InChI is InChI=1S/C20H21FN4S/c1-14(2)23-20(26)22-12-16-13-25(18-6-4-3-5-7-18)24-19(16)15-8-10-17(21)11-9-15/h3-11,13-14H,12H2,1-2H3,(H2,22,23,26). The predicted octanol–water partition coefficient (Wildman–Crippen LogP) is 4.05. The van der Waals surface area contributed by atoms with Gasteiger partial charge in [-0.05, 0) is 62.5 Å². The number of aromatic nitrogens is 2. The molecule has 2 aromatic carbocycles. The van der Waals surface area contributed by atoms with Crippen molar-refractivity contribution in [1.29, 1.82) is 0 Å². The zero-order valence-corrected chi connectivity index (χ0v) is 15.6. The molecule has 0 atom stereocenters. The van der Waals surface area contributed by atoms with Gasteiger partial charge in [-0.15, -0.1) is 0 Å². The van der Waals surface area contributed by atoms with Gasteiger partial charge in [-0.3, -0.25) is 0 Å². The lowest BCUT2D eigenvalue weighted by Crippen LogP contribution is -2.38. The van der Waals surface area contributed by atoms with E-state index in [1.54, 1.807) is 12.1 Å². The van der Waals surface area contributed by atoms with E-state index >= 15 is 0 Å². The molecule has 2 N–H and O–H groups in total. The van der Waals surface area contributed by atoms with Crippen LogP contribution in [0.5, 0.6) is 0 Å². The molecule has 0 unspecified atom stereocenters. The second kappa shape index (κ2) is 8.10. The van der Waals surface area contributed by atoms with E-state index in [0.29, 0.717) is 11.7 Å². The highest BCUT2D eigenvalue weighted by Crippen LogP contribution is 2.24. The van der Waals surface area contributed by atoms with Crippen LogP contribution in [0.1, 0.15) is 19.4 Å². The quantitative estimate of drug-likeness (QED) is 0.667. The highest BCUT2D eigenvalue weighted by molar-refractivity contribution is 7.80. The number of para-hydroxylation sites is 1. The number of nitrogens with one attached hydrogen (secondary N) is 2. The van der Waals surface area contributed by atoms with Crippen LogP contribution in [0.25, 0.3) is 16.9 Å². The minimum Gasteiger partial charge on any atom is -0.361 e. The van der Waals surface area contributed by atoms with E-state index in [0.717, 1.165) is 22.5 Å². The van der Waals surface area contributed by atoms with Gasteiger partial charge in [0.05, 0.1) is 11.4 Å². The lowest BCUT2D eigenvalue weighted by molar-refractivity contribution is 0.628. The highest BCUT2D eigenvalue weighted by atomic mass is 32.1. The average molecular weight is 368 g/mol. The Morgan fingerprint density at radius 3 is 2.46 bits per heavy atom. The first-order valence-electron chi connectivity index (χ1n) is 8.47. The van der Waals surface area contributed by atoms with E-state index in [2.05, 4.69) is 10.6 Å². The Labute approximate surface area is 158 Å². The zero-order chi connectivity index (χ0) is 18.5. The molecule has 3 rings (SSSR count). The van der Waals surface area contributed by atoms with E-state index in [9.17, 15) is 4.39 Å². The lowest BCUT2D eigenvalue weighted by atomic mass is 10.1. The Hall–Kier alpha value is -2.73. The molecule has 6 heteroatoms. The number of rotatable bonds is 5. The SMILES string of the molecule is CC(C)NC(=S)NCc1cn(-c2ccccc2)nc1-c1ccc(F)cc1. The summed E-state index contributed by atoms with van der Waals surface area (Å²) in [5, 5.41) is 11.7. The molecular weight excluding hydrogens is 347 g/mol. The highest BCUT2D eigenvalue weighted by Gasteiger charge is 2.13. The van der Waals surface area contributed by atoms with E-state index in [-0.39, 0.29) is 11.9 Å². The Bertz CT molecular complexity index is 873. The van der Waals surface area contributed by atoms with Crippen molar-refractivity contribution in [3.8, 4) is 16.9 Å². The molecule has 0 amide bonds. The summed E-state index contributed by atoms with van der Waals surface area (Å²) in [5.74, 6) is -0.266. The van der Waals surface area contributed by atoms with Gasteiger partial charge in [0, 0.05) is 29.9 Å². The summed E-state index contributed by atoms with van der Waals surface area (Å²) >= 11 is 5.31. The monoisotopic (exact) mass is 368 g/mol. The maximum absolute atomic E-state index is 13.3. The van der Waals surface area contributed by atoms with Crippen LogP contribution in [0.4, 0.5) is 4.39 Å². The number of benzene rings is 2. The molecule has 134 valence electrons. The third-order valence-corrected chi connectivity index (χ3v) is 4.05. The maximum Gasteiger partial charge on any atom is 0.166 e. The molecule has 0 saturated carbocycles. The molecule has 0 radical (unpaired) electrons. The molecule has 1 aromatic heterocycles. The van der Waals surface area contributed by atoms with Gasteiger partial charge in [-0.1, -0.05) is 18.2 Å². The first-order chi connectivity index (χ1) is 12.5. The van der Waals surface area contributed by atoms with Gasteiger partial charge in [-0.2, -0.15) is 5.10 Å². The summed E-state index contributed by atoms with van der Waals surface area (Å²) in [4.78, 5) is 0. The fourth-order valence-electron chi connectivity index (χ4n) is 2.59. The fourth-order valence-corrected chi connectivity index (χ4v) is 2.90. The summed E-state index contributed by atoms with van der Waals surface area (Å²) in [6.07, 6.45) is 1.97. The molecular formula is C20H21FN4S. The van der Waals surface area contributed by atoms with Crippen molar-refractivity contribution in [3.63, 3.8) is 0 Å². The van der Waals surface area contributed by atoms with Crippen molar-refractivity contribution in [2.45, 2.75) is 26.4 Å². The predicted molar refractivity (Wildman–Crippen MR) is 107 cm³/mol. The van der Waals surface area contributed by atoms with E-state index in [1.165, 1.54) is 12.1 Å². The van der Waals surface area contributed by atoms with Crippen molar-refractivity contribution in [3.05, 3.63) is 72.2 Å². The molecule has 0 aliphatic carbocycles. The fraction of sp³-hybridized carbons (Fsp3) is 0.200. The van der Waals surface area contributed by atoms with Crippen LogP contribution < -0.4 is 10.6 Å². The van der Waals surface area contributed by atoms with E-state index < -0.39 is 0 Å². The van der Waals surface area contributed by atoms with Crippen molar-refractivity contribution in [1.82, 2.24) is 20.4 Å². The number of nitrogens with zero attached hydrogens (tertiary/aromatic N) is 2. The molecule has 0 aliphatic rings. The average Bonchev–Trinajstić information content (AvgIpc) is 3.05. The van der Waals surface area contributed by atoms with Gasteiger partial charge >= 0.3 is 0 Å². The van der Waals surface area contributed by atoms with E-state index in [1.807, 2.05) is 55.1 Å². The topological polar surface area (TPSA) is 41.9 Å². The Balaban J connectivity index is 1.91. The summed E-state index contributed by atoms with van der Waals surface area (Å²) < 4.78 is 15.1. The number of thiocarbonyl (C=S) groups is 1. The smallest absolute Gasteiger partial charge is 0.166 e. The molecule has 26 heavy (non-hydrogen) atoms. The number of hydrogen-bond donors (Lipinski definition) is 2. The molecule has 3 aromatic rings. The van der Waals surface area contributed by atoms with Crippen LogP contribution in [0.3, 0.4) is 0 Å². The van der Waals surface area contributed by atoms with Crippen molar-refractivity contribution in [2.24, 2.45) is 0 Å². The van der Waals surface area contributed by atoms with Crippen molar-refractivity contribution < 1.29 is 4.39 Å². The van der Waals surface area contributed by atoms with Crippen LogP contribution in [-0.2, 0) is 6.54 Å². The molecule has 0 fully saturated rings. The molecule has 0 spiro atoms. The molecule has 0 bridgehead atoms. The lowest BCUT2D eigenvalue weighted by Gasteiger charge is -2.13. The third kappa shape index (κ3) is 4.46. The third-order valence-electron chi connectivity index (χ3n) is 3.79. The maximum atomic E-state index is 13.3. The van der Waals surface area contributed by atoms with Gasteiger partial charge in [0.1, 0.15) is 5.82 Å². The summed E-state index contributed by atoms with van der Waals surface area (Å²) in [6, 6.07) is 16.5. The first kappa shape index (κ1) is 18.1. The second-order valence-electron chi connectivity index (χ2n) is 6.27. The van der Waals surface area contributed by atoms with Crippen LogP contribution in [0, 0.1) is 5.82 Å². The Morgan fingerprint density at radius 1 is 1.12 bits per heavy atom. The summed E-state index contributed by atoms with van der Waals surface area (Å²) in [5.41, 5.74) is 3.60. The Morgan fingerprint density at radius 2 is 1.81 bits per heavy atom. The van der Waals surface area contributed by atoms with Crippen molar-refractivity contribution >= 4 is 17.3 Å². The molecule has 0 aliphatic heterocycles. The zero-order valence-electron chi connectivity index (χ0n) is 14.7. The number of hydrogen-bond acceptors (Lipinski definition) is 2. The number of halogens is 1. The van der Waals surface area contributed by atoms with Crippen LogP contribution in [0.15, 0.2) is 60.8 Å². The molecule has 1 heterocycles. The van der Waals surface area contributed by atoms with Crippen LogP contribution >= 0.6 is 12.2 Å². The Kier molecular flexibility index (Phi) is 5.63. The first-order valence-corrected chi connectivity index (χ1v) is 8.88.